The molecular formula is C14H8Cl2N2O3. The maximum atomic E-state index is 11.1. The normalized spacial score (nSPS) is 9.95. The molecule has 0 fully saturated rings. The van der Waals surface area contributed by atoms with E-state index in [1.54, 1.807) is 18.2 Å². The van der Waals surface area contributed by atoms with Gasteiger partial charge in [0.05, 0.1) is 22.4 Å². The van der Waals surface area contributed by atoms with E-state index in [9.17, 15) is 10.1 Å². The van der Waals surface area contributed by atoms with E-state index in [1.165, 1.54) is 12.1 Å². The zero-order chi connectivity index (χ0) is 15.4. The molecule has 2 aromatic rings. The van der Waals surface area contributed by atoms with Gasteiger partial charge in [-0.05, 0) is 30.3 Å². The van der Waals surface area contributed by atoms with E-state index in [0.29, 0.717) is 16.3 Å². The molecule has 0 heterocycles. The molecule has 0 unspecified atom stereocenters. The van der Waals surface area contributed by atoms with Crippen LogP contribution >= 0.6 is 23.2 Å². The molecule has 106 valence electrons. The molecule has 0 spiro atoms. The van der Waals surface area contributed by atoms with Gasteiger partial charge in [-0.1, -0.05) is 11.6 Å². The van der Waals surface area contributed by atoms with E-state index in [1.807, 2.05) is 6.07 Å². The zero-order valence-corrected chi connectivity index (χ0v) is 12.1. The lowest BCUT2D eigenvalue weighted by Crippen LogP contribution is -1.96. The number of hydrogen-bond donors (Lipinski definition) is 0. The molecule has 0 saturated heterocycles. The molecule has 2 rings (SSSR count). The van der Waals surface area contributed by atoms with Gasteiger partial charge in [0.25, 0.3) is 0 Å². The summed E-state index contributed by atoms with van der Waals surface area (Å²) in [6.45, 7) is 0. The lowest BCUT2D eigenvalue weighted by Gasteiger charge is -2.10. The number of nitriles is 1. The number of nitro groups is 1. The topological polar surface area (TPSA) is 76.2 Å². The molecule has 0 aliphatic rings. The monoisotopic (exact) mass is 322 g/mol. The molecule has 0 radical (unpaired) electrons. The molecule has 2 aromatic carbocycles. The SMILES string of the molecule is N#Cc1ccc(Oc2ccc(Cl)cc2CCl)c([N+](=O)[O-])c1. The highest BCUT2D eigenvalue weighted by Crippen LogP contribution is 2.35. The summed E-state index contributed by atoms with van der Waals surface area (Å²) in [5.41, 5.74) is 0.509. The standard InChI is InChI=1S/C14H8Cl2N2O3/c15-7-10-6-11(16)2-4-13(10)21-14-3-1-9(8-17)5-12(14)18(19)20/h1-6H,7H2. The zero-order valence-electron chi connectivity index (χ0n) is 10.5. The second-order valence-electron chi connectivity index (χ2n) is 4.04. The third-order valence-corrected chi connectivity index (χ3v) is 3.19. The minimum atomic E-state index is -0.605. The maximum absolute atomic E-state index is 11.1. The van der Waals surface area contributed by atoms with Crippen LogP contribution in [0.4, 0.5) is 5.69 Å². The van der Waals surface area contributed by atoms with Crippen LogP contribution in [0.5, 0.6) is 11.5 Å². The second kappa shape index (κ2) is 6.44. The smallest absolute Gasteiger partial charge is 0.312 e. The van der Waals surface area contributed by atoms with Crippen molar-refractivity contribution in [1.82, 2.24) is 0 Å². The first-order valence-corrected chi connectivity index (χ1v) is 6.67. The fourth-order valence-electron chi connectivity index (χ4n) is 1.69. The molecule has 21 heavy (non-hydrogen) atoms. The highest BCUT2D eigenvalue weighted by Gasteiger charge is 2.18. The summed E-state index contributed by atoms with van der Waals surface area (Å²) in [6.07, 6.45) is 0. The van der Waals surface area contributed by atoms with Crippen molar-refractivity contribution in [2.75, 3.05) is 0 Å². The number of nitro benzene ring substituents is 1. The van der Waals surface area contributed by atoms with Crippen molar-refractivity contribution in [3.63, 3.8) is 0 Å². The van der Waals surface area contributed by atoms with Crippen molar-refractivity contribution in [1.29, 1.82) is 5.26 Å². The Balaban J connectivity index is 2.45. The van der Waals surface area contributed by atoms with Gasteiger partial charge in [0.15, 0.2) is 0 Å². The van der Waals surface area contributed by atoms with Gasteiger partial charge in [-0.3, -0.25) is 10.1 Å². The summed E-state index contributed by atoms with van der Waals surface area (Å²) in [5.74, 6) is 0.565. The predicted molar refractivity (Wildman–Crippen MR) is 78.9 cm³/mol. The van der Waals surface area contributed by atoms with Crippen LogP contribution in [-0.4, -0.2) is 4.92 Å². The number of alkyl halides is 1. The van der Waals surface area contributed by atoms with Crippen LogP contribution in [0.25, 0.3) is 0 Å². The summed E-state index contributed by atoms with van der Waals surface area (Å²) in [7, 11) is 0. The van der Waals surface area contributed by atoms with Crippen LogP contribution in [-0.2, 0) is 5.88 Å². The van der Waals surface area contributed by atoms with E-state index in [-0.39, 0.29) is 22.9 Å². The molecule has 0 bridgehead atoms. The van der Waals surface area contributed by atoms with Crippen molar-refractivity contribution in [3.8, 4) is 17.6 Å². The van der Waals surface area contributed by atoms with E-state index < -0.39 is 4.92 Å². The van der Waals surface area contributed by atoms with Gasteiger partial charge in [0.1, 0.15) is 5.75 Å². The van der Waals surface area contributed by atoms with Gasteiger partial charge in [-0.25, -0.2) is 0 Å². The van der Waals surface area contributed by atoms with Gasteiger partial charge in [-0.15, -0.1) is 11.6 Å². The predicted octanol–water partition coefficient (Wildman–Crippen LogP) is 4.65. The first-order chi connectivity index (χ1) is 10.0. The molecule has 7 heteroatoms. The first-order valence-electron chi connectivity index (χ1n) is 5.76. The Morgan fingerprint density at radius 1 is 1.24 bits per heavy atom. The van der Waals surface area contributed by atoms with Crippen molar-refractivity contribution < 1.29 is 9.66 Å². The molecular weight excluding hydrogens is 315 g/mol. The number of ether oxygens (including phenoxy) is 1. The fourth-order valence-corrected chi connectivity index (χ4v) is 2.09. The van der Waals surface area contributed by atoms with E-state index >= 15 is 0 Å². The summed E-state index contributed by atoms with van der Waals surface area (Å²) < 4.78 is 5.55. The van der Waals surface area contributed by atoms with Crippen LogP contribution in [0, 0.1) is 21.4 Å². The van der Waals surface area contributed by atoms with Crippen molar-refractivity contribution >= 4 is 28.9 Å². The third-order valence-electron chi connectivity index (χ3n) is 2.67. The van der Waals surface area contributed by atoms with Crippen molar-refractivity contribution in [2.24, 2.45) is 0 Å². The summed E-state index contributed by atoms with van der Waals surface area (Å²) in [5, 5.41) is 20.3. The van der Waals surface area contributed by atoms with E-state index in [2.05, 4.69) is 0 Å². The Morgan fingerprint density at radius 2 is 1.95 bits per heavy atom. The molecule has 0 saturated carbocycles. The fraction of sp³-hybridized carbons (Fsp3) is 0.0714. The second-order valence-corrected chi connectivity index (χ2v) is 4.74. The Kier molecular flexibility index (Phi) is 4.63. The lowest BCUT2D eigenvalue weighted by atomic mass is 10.2. The van der Waals surface area contributed by atoms with Gasteiger partial charge in [-0.2, -0.15) is 5.26 Å². The number of benzene rings is 2. The Hall–Kier alpha value is -2.29. The first kappa shape index (κ1) is 15.1. The number of rotatable bonds is 4. The minimum Gasteiger partial charge on any atom is -0.450 e. The lowest BCUT2D eigenvalue weighted by molar-refractivity contribution is -0.385. The van der Waals surface area contributed by atoms with Crippen molar-refractivity contribution in [2.45, 2.75) is 5.88 Å². The number of hydrogen-bond acceptors (Lipinski definition) is 4. The molecule has 0 N–H and O–H groups in total. The summed E-state index contributed by atoms with van der Waals surface area (Å²) in [6, 6.07) is 10.6. The molecule has 5 nitrogen and oxygen atoms in total. The van der Waals surface area contributed by atoms with Crippen LogP contribution in [0.3, 0.4) is 0 Å². The average Bonchev–Trinajstić information content (AvgIpc) is 2.49. The molecule has 0 amide bonds. The Bertz CT molecular complexity index is 741. The maximum Gasteiger partial charge on any atom is 0.312 e. The molecule has 0 atom stereocenters. The number of halogens is 2. The molecule has 0 aliphatic carbocycles. The third kappa shape index (κ3) is 3.43. The highest BCUT2D eigenvalue weighted by molar-refractivity contribution is 6.30. The molecule has 0 aliphatic heterocycles. The Labute approximate surface area is 130 Å². The van der Waals surface area contributed by atoms with Gasteiger partial charge < -0.3 is 4.74 Å². The highest BCUT2D eigenvalue weighted by atomic mass is 35.5. The van der Waals surface area contributed by atoms with Crippen LogP contribution < -0.4 is 4.74 Å². The van der Waals surface area contributed by atoms with Gasteiger partial charge in [0.2, 0.25) is 5.75 Å². The van der Waals surface area contributed by atoms with Crippen molar-refractivity contribution in [3.05, 3.63) is 62.7 Å². The minimum absolute atomic E-state index is 0.0349. The van der Waals surface area contributed by atoms with Crippen LogP contribution in [0.1, 0.15) is 11.1 Å². The number of nitrogens with zero attached hydrogens (tertiary/aromatic N) is 2. The van der Waals surface area contributed by atoms with E-state index in [0.717, 1.165) is 6.07 Å². The van der Waals surface area contributed by atoms with Gasteiger partial charge in [0, 0.05) is 16.7 Å². The largest absolute Gasteiger partial charge is 0.450 e. The van der Waals surface area contributed by atoms with Crippen LogP contribution in [0.15, 0.2) is 36.4 Å². The summed E-state index contributed by atoms with van der Waals surface area (Å²) >= 11 is 11.7. The van der Waals surface area contributed by atoms with Crippen LogP contribution in [0.2, 0.25) is 5.02 Å². The summed E-state index contributed by atoms with van der Waals surface area (Å²) in [4.78, 5) is 10.5. The average molecular weight is 323 g/mol. The molecule has 0 aromatic heterocycles. The Morgan fingerprint density at radius 3 is 2.57 bits per heavy atom. The quantitative estimate of drug-likeness (QED) is 0.466. The van der Waals surface area contributed by atoms with E-state index in [4.69, 9.17) is 33.2 Å². The van der Waals surface area contributed by atoms with Gasteiger partial charge >= 0.3 is 5.69 Å².